The molecule has 9 aromatic rings. The number of nitrogens with zero attached hydrogens (tertiary/aromatic N) is 14. The lowest BCUT2D eigenvalue weighted by molar-refractivity contribution is -0.136. The molecule has 2 aromatic heterocycles. The Morgan fingerprint density at radius 3 is 1.23 bits per heavy atom. The number of aromatic nitrogens is 3. The van der Waals surface area contributed by atoms with Gasteiger partial charge in [-0.05, 0) is 200 Å². The normalized spacial score (nSPS) is 24.0. The van der Waals surface area contributed by atoms with E-state index < -0.39 is 37.7 Å². The SMILES string of the molecule is CCCCN[C@@H]1CCC[C@H](C[C@@]2(CCC3CCCCC3)N=C(N)N(C)C2=O)C1.CN1C(=O)C(c2ccccc2)(c2cccc(-c3cccnc3)c2)N=C1N.CN1C(=O)C(c2ccccc2)(c2cccc(-c3cncnc3)c2)N=C1N.CN1C(=O)[C@@](CCC2CCCCC2)(C[C@H]2CCC[C@@H](NS(C)(=O)=O)C2)N=C1N.NC1=NC(c2ccccc2)(c2ccccc2)C(=O)N1CC1CCN(C(=O)COc2ccccc2)CC1. The van der Waals surface area contributed by atoms with Gasteiger partial charge in [0.15, 0.2) is 53.0 Å². The van der Waals surface area contributed by atoms with Gasteiger partial charge >= 0.3 is 0 Å². The fourth-order valence-electron chi connectivity index (χ4n) is 22.7. The highest BCUT2D eigenvalue weighted by Gasteiger charge is 2.55. The van der Waals surface area contributed by atoms with Gasteiger partial charge in [0.05, 0.1) is 6.26 Å². The first-order valence-corrected chi connectivity index (χ1v) is 53.4. The van der Waals surface area contributed by atoms with Crippen LogP contribution in [0, 0.1) is 29.6 Å². The number of nitrogens with two attached hydrogens (primary N) is 5. The van der Waals surface area contributed by atoms with E-state index in [-0.39, 0.29) is 77.8 Å². The number of unbranched alkanes of at least 4 members (excludes halogenated alkanes) is 1. The summed E-state index contributed by atoms with van der Waals surface area (Å²) in [5, 5.41) is 3.75. The van der Waals surface area contributed by atoms with E-state index in [4.69, 9.17) is 48.4 Å². The number of pyridine rings is 1. The summed E-state index contributed by atoms with van der Waals surface area (Å²) in [7, 11) is 3.57. The molecule has 6 amide bonds. The van der Waals surface area contributed by atoms with E-state index in [0.717, 1.165) is 139 Å². The molecule has 6 aliphatic heterocycles. The summed E-state index contributed by atoms with van der Waals surface area (Å²) in [5.41, 5.74) is 34.1. The van der Waals surface area contributed by atoms with Crippen LogP contribution in [-0.4, -0.2) is 208 Å². The van der Waals surface area contributed by atoms with E-state index >= 15 is 0 Å². The summed E-state index contributed by atoms with van der Waals surface area (Å²) < 4.78 is 31.6. The van der Waals surface area contributed by atoms with Crippen LogP contribution in [0.15, 0.2) is 268 Å². The average molecular weight is 1970 g/mol. The second-order valence-corrected chi connectivity index (χ2v) is 42.3. The highest BCUT2D eigenvalue weighted by atomic mass is 32.2. The predicted molar refractivity (Wildman–Crippen MR) is 566 cm³/mol. The molecular weight excluding hydrogens is 1830 g/mol. The number of carbonyl (C=O) groups is 6. The molecule has 12 N–H and O–H groups in total. The number of likely N-dealkylation sites (N-methyl/N-ethyl adjacent to an activating group) is 4. The highest BCUT2D eigenvalue weighted by Crippen LogP contribution is 2.48. The Morgan fingerprint density at radius 1 is 0.410 bits per heavy atom. The number of carbonyl (C=O) groups excluding carboxylic acids is 6. The molecule has 19 rings (SSSR count). The molecule has 0 radical (unpaired) electrons. The molecule has 0 bridgehead atoms. The fourth-order valence-corrected chi connectivity index (χ4v) is 23.5. The largest absolute Gasteiger partial charge is 0.484 e. The Balaban J connectivity index is 0.000000136. The Bertz CT molecular complexity index is 5930. The topological polar surface area (TPSA) is 420 Å². The molecule has 4 saturated carbocycles. The van der Waals surface area contributed by atoms with Gasteiger partial charge in [0.25, 0.3) is 35.4 Å². The van der Waals surface area contributed by atoms with Gasteiger partial charge in [-0.3, -0.25) is 58.3 Å². The molecule has 0 spiro atoms. The molecule has 8 heterocycles. The number of amides is 6. The number of piperidine rings is 1. The van der Waals surface area contributed by atoms with Gasteiger partial charge in [0.1, 0.15) is 23.2 Å². The standard InChI is InChI=1S/C29H30N4O3.C23H42N4O.C21H18N4O.C20H17N5O.C20H36N4O3S/c30-28-31-29(23-10-4-1-5-11-23,24-12-6-2-7-13-24)27(35)33(28)20-22-16-18-32(19-17-22)26(34)21-36-25-14-8-3-9-15-25;1-3-4-15-25-20-12-8-11-19(16-20)17-23(21(28)27(2)22(24)26-23)14-13-18-9-6-5-7-10-18;1-25-19(26)21(24-20(25)22,17-9-3-2-4-10-17)18-11-5-7-15(13-18)16-8-6-12-23-14-16;1-25-18(26)20(24-19(25)21,16-7-3-2-4-8-16)17-9-5-6-14(10-17)15-11-22-13-23-12-15;1-24-18(25)20(22-19(24)21,12-11-15-7-4-3-5-8-15)14-16-9-6-10-17(13-16)23-28(2,26)27/h1-15,22H,16-21H2,(H2,30,31);18-20,25H,3-17H2,1-2H3,(H2,24,26);2-14H,1H3,(H2,22,24);2-13H,1H3,(H2,21,24);15-17,23H,3-14H2,1-2H3,(H2,21,22)/t;19-,20+,23+;;;16-,17+,20+/m.0..0/s1. The number of ether oxygens (including phenoxy) is 1. The summed E-state index contributed by atoms with van der Waals surface area (Å²) in [4.78, 5) is 124. The maximum atomic E-state index is 14.0. The molecule has 8 atom stereocenters. The quantitative estimate of drug-likeness (QED) is 0.0214. The molecule has 2 unspecified atom stereocenters. The molecule has 4 aliphatic carbocycles. The van der Waals surface area contributed by atoms with Crippen LogP contribution in [-0.2, 0) is 55.4 Å². The molecule has 144 heavy (non-hydrogen) atoms. The van der Waals surface area contributed by atoms with Crippen molar-refractivity contribution < 1.29 is 41.9 Å². The number of guanidine groups is 5. The van der Waals surface area contributed by atoms with Crippen molar-refractivity contribution in [2.45, 2.75) is 226 Å². The second kappa shape index (κ2) is 47.9. The number of nitrogens with one attached hydrogen (secondary N) is 2. The number of likely N-dealkylation sites (tertiary alicyclic amines) is 1. The van der Waals surface area contributed by atoms with Crippen molar-refractivity contribution in [2.75, 3.05) is 67.2 Å². The lowest BCUT2D eigenvalue weighted by Crippen LogP contribution is -2.48. The summed E-state index contributed by atoms with van der Waals surface area (Å²) in [6.45, 7) is 5.12. The first-order valence-electron chi connectivity index (χ1n) is 51.5. The van der Waals surface area contributed by atoms with E-state index in [1.54, 1.807) is 62.8 Å². The molecular formula is C113H143N21O9S. The minimum absolute atomic E-state index is 0.0130. The number of para-hydroxylation sites is 1. The Labute approximate surface area is 848 Å². The zero-order valence-corrected chi connectivity index (χ0v) is 85.0. The molecule has 7 aromatic carbocycles. The summed E-state index contributed by atoms with van der Waals surface area (Å²) in [5.74, 6) is 4.27. The third kappa shape index (κ3) is 24.5. The zero-order valence-electron chi connectivity index (χ0n) is 84.2. The van der Waals surface area contributed by atoms with E-state index in [1.165, 1.54) is 130 Å². The molecule has 1 saturated heterocycles. The Morgan fingerprint density at radius 2 is 0.806 bits per heavy atom. The van der Waals surface area contributed by atoms with E-state index in [0.29, 0.717) is 61.6 Å². The van der Waals surface area contributed by atoms with Gasteiger partial charge in [-0.15, -0.1) is 0 Å². The van der Waals surface area contributed by atoms with Crippen LogP contribution in [0.3, 0.4) is 0 Å². The number of benzene rings is 7. The number of hydrogen-bond acceptors (Lipinski definition) is 23. The van der Waals surface area contributed by atoms with Crippen molar-refractivity contribution in [2.24, 2.45) is 83.2 Å². The van der Waals surface area contributed by atoms with Crippen molar-refractivity contribution in [1.29, 1.82) is 0 Å². The highest BCUT2D eigenvalue weighted by molar-refractivity contribution is 7.88. The third-order valence-electron chi connectivity index (χ3n) is 30.6. The van der Waals surface area contributed by atoms with Crippen LogP contribution < -0.4 is 43.4 Å². The number of rotatable bonds is 29. The van der Waals surface area contributed by atoms with Crippen molar-refractivity contribution in [3.05, 3.63) is 277 Å². The van der Waals surface area contributed by atoms with Crippen LogP contribution in [0.4, 0.5) is 0 Å². The van der Waals surface area contributed by atoms with Crippen LogP contribution in [0.1, 0.15) is 220 Å². The van der Waals surface area contributed by atoms with Gasteiger partial charge in [-0.1, -0.05) is 285 Å². The average Bonchev–Trinajstić information content (AvgIpc) is 1.55. The maximum Gasteiger partial charge on any atom is 0.266 e. The minimum Gasteiger partial charge on any atom is -0.484 e. The first kappa shape index (κ1) is 105. The number of sulfonamides is 1. The summed E-state index contributed by atoms with van der Waals surface area (Å²) in [6, 6.07) is 67.5. The minimum atomic E-state index is -3.22. The van der Waals surface area contributed by atoms with Crippen LogP contribution in [0.5, 0.6) is 5.75 Å². The van der Waals surface area contributed by atoms with E-state index in [2.05, 4.69) is 41.9 Å². The van der Waals surface area contributed by atoms with Gasteiger partial charge in [-0.2, -0.15) is 0 Å². The van der Waals surface area contributed by atoms with Crippen LogP contribution in [0.2, 0.25) is 0 Å². The maximum absolute atomic E-state index is 14.0. The molecule has 760 valence electrons. The van der Waals surface area contributed by atoms with Gasteiger partial charge in [0, 0.05) is 90.3 Å². The monoisotopic (exact) mass is 1970 g/mol. The Kier molecular flexibility index (Phi) is 34.9. The molecule has 31 heteroatoms. The van der Waals surface area contributed by atoms with Gasteiger partial charge < -0.3 is 43.6 Å². The summed E-state index contributed by atoms with van der Waals surface area (Å²) in [6.07, 6.45) is 40.8. The lowest BCUT2D eigenvalue weighted by Gasteiger charge is -2.35. The fraction of sp³-hybridized carbons (Fsp3) is 0.451. The van der Waals surface area contributed by atoms with Crippen molar-refractivity contribution in [3.63, 3.8) is 0 Å². The molecule has 5 fully saturated rings. The molecule has 30 nitrogen and oxygen atoms in total. The van der Waals surface area contributed by atoms with Gasteiger partial charge in [0.2, 0.25) is 10.0 Å². The summed E-state index contributed by atoms with van der Waals surface area (Å²) >= 11 is 0. The van der Waals surface area contributed by atoms with Crippen molar-refractivity contribution >= 4 is 75.3 Å². The van der Waals surface area contributed by atoms with Crippen LogP contribution >= 0.6 is 0 Å². The zero-order chi connectivity index (χ0) is 102. The van der Waals surface area contributed by atoms with Crippen molar-refractivity contribution in [1.82, 2.24) is 54.4 Å². The van der Waals surface area contributed by atoms with Crippen molar-refractivity contribution in [3.8, 4) is 28.0 Å². The lowest BCUT2D eigenvalue weighted by atomic mass is 9.74. The second-order valence-electron chi connectivity index (χ2n) is 40.5. The van der Waals surface area contributed by atoms with E-state index in [9.17, 15) is 37.2 Å². The van der Waals surface area contributed by atoms with E-state index in [1.807, 2.05) is 217 Å². The Hall–Kier alpha value is -13.4. The predicted octanol–water partition coefficient (Wildman–Crippen LogP) is 14.9. The van der Waals surface area contributed by atoms with Gasteiger partial charge in [-0.25, -0.2) is 48.1 Å². The third-order valence-corrected chi connectivity index (χ3v) is 31.4. The molecule has 10 aliphatic rings. The van der Waals surface area contributed by atoms with Crippen LogP contribution in [0.25, 0.3) is 22.3 Å². The first-order chi connectivity index (χ1) is 69.5. The smallest absolute Gasteiger partial charge is 0.266 e. The number of hydrogen-bond donors (Lipinski definition) is 7. The number of aliphatic imine (C=N–C) groups is 5.